The van der Waals surface area contributed by atoms with Crippen molar-refractivity contribution in [3.63, 3.8) is 0 Å². The Morgan fingerprint density at radius 1 is 0.857 bits per heavy atom. The van der Waals surface area contributed by atoms with Gasteiger partial charge in [-0.1, -0.05) is 0 Å². The van der Waals surface area contributed by atoms with Gasteiger partial charge in [-0.25, -0.2) is 5.43 Å². The minimum atomic E-state index is -0.755. The van der Waals surface area contributed by atoms with E-state index >= 15 is 0 Å². The Hall–Kier alpha value is -5.16. The zero-order chi connectivity index (χ0) is 29.5. The van der Waals surface area contributed by atoms with E-state index in [9.17, 15) is 20.2 Å². The summed E-state index contributed by atoms with van der Waals surface area (Å²) in [5, 5.41) is 26.9. The highest BCUT2D eigenvalue weighted by atomic mass is 16.6. The second-order valence-corrected chi connectivity index (χ2v) is 9.01. The van der Waals surface area contributed by atoms with Crippen molar-refractivity contribution < 1.29 is 28.8 Å². The van der Waals surface area contributed by atoms with Gasteiger partial charge in [0.25, 0.3) is 5.69 Å². The van der Waals surface area contributed by atoms with Gasteiger partial charge < -0.3 is 28.7 Å². The van der Waals surface area contributed by atoms with Crippen LogP contribution < -0.4 is 24.7 Å². The van der Waals surface area contributed by atoms with Crippen LogP contribution >= 0.6 is 0 Å². The summed E-state index contributed by atoms with van der Waals surface area (Å²) in [5.41, 5.74) is 2.42. The van der Waals surface area contributed by atoms with Crippen LogP contribution in [0.2, 0.25) is 0 Å². The molecule has 2 saturated heterocycles. The standard InChI is InChI=1S/C25H27N9O8/c1-39-21-4-2-17(14-22(21)42-20-5-3-18(33(35)36)15-19(20)34(37)38)16-26-30-23-27-24(31-6-10-40-11-7-31)29-25(28-23)32-8-12-41-13-9-32/h2-5,14-16H,6-13H2,1H3,(H,27,28,29,30)/b26-16+. The summed E-state index contributed by atoms with van der Waals surface area (Å²) in [4.78, 5) is 38.9. The Bertz CT molecular complexity index is 1440. The summed E-state index contributed by atoms with van der Waals surface area (Å²) in [6.45, 7) is 4.89. The molecule has 0 saturated carbocycles. The van der Waals surface area contributed by atoms with Gasteiger partial charge in [-0.3, -0.25) is 20.2 Å². The third kappa shape index (κ3) is 6.76. The Balaban J connectivity index is 1.37. The number of hydrazone groups is 1. The third-order valence-corrected chi connectivity index (χ3v) is 6.34. The van der Waals surface area contributed by atoms with Crippen LogP contribution in [-0.2, 0) is 9.47 Å². The number of morpholine rings is 2. The molecule has 17 heteroatoms. The van der Waals surface area contributed by atoms with Crippen molar-refractivity contribution in [2.45, 2.75) is 0 Å². The number of hydrogen-bond donors (Lipinski definition) is 1. The molecule has 0 aliphatic carbocycles. The summed E-state index contributed by atoms with van der Waals surface area (Å²) in [5.74, 6) is 1.51. The quantitative estimate of drug-likeness (QED) is 0.208. The number of nitrogens with zero attached hydrogens (tertiary/aromatic N) is 8. The summed E-state index contributed by atoms with van der Waals surface area (Å²) < 4.78 is 22.0. The predicted molar refractivity (Wildman–Crippen MR) is 150 cm³/mol. The minimum absolute atomic E-state index is 0.141. The fourth-order valence-electron chi connectivity index (χ4n) is 4.20. The molecule has 0 amide bonds. The monoisotopic (exact) mass is 581 g/mol. The van der Waals surface area contributed by atoms with Crippen LogP contribution in [0.4, 0.5) is 29.2 Å². The zero-order valence-corrected chi connectivity index (χ0v) is 22.5. The largest absolute Gasteiger partial charge is 0.493 e. The lowest BCUT2D eigenvalue weighted by molar-refractivity contribution is -0.394. The van der Waals surface area contributed by atoms with Crippen molar-refractivity contribution in [1.29, 1.82) is 0 Å². The van der Waals surface area contributed by atoms with Gasteiger partial charge in [0, 0.05) is 32.2 Å². The average molecular weight is 582 g/mol. The molecule has 0 atom stereocenters. The Morgan fingerprint density at radius 2 is 1.48 bits per heavy atom. The Labute approximate surface area is 239 Å². The SMILES string of the molecule is COc1ccc(/C=N/Nc2nc(N3CCOCC3)nc(N3CCOCC3)n2)cc1Oc1ccc([N+](=O)[O-])cc1[N+](=O)[O-]. The van der Waals surface area contributed by atoms with Gasteiger partial charge >= 0.3 is 5.69 Å². The highest BCUT2D eigenvalue weighted by molar-refractivity contribution is 5.81. The molecule has 0 bridgehead atoms. The minimum Gasteiger partial charge on any atom is -0.493 e. The van der Waals surface area contributed by atoms with Crippen molar-refractivity contribution in [2.24, 2.45) is 5.10 Å². The van der Waals surface area contributed by atoms with Crippen molar-refractivity contribution in [3.8, 4) is 17.2 Å². The highest BCUT2D eigenvalue weighted by Crippen LogP contribution is 2.38. The molecule has 2 aromatic carbocycles. The van der Waals surface area contributed by atoms with Crippen LogP contribution in [0.15, 0.2) is 41.5 Å². The van der Waals surface area contributed by atoms with E-state index < -0.39 is 21.2 Å². The summed E-state index contributed by atoms with van der Waals surface area (Å²) in [6.07, 6.45) is 1.49. The first-order chi connectivity index (χ1) is 20.4. The summed E-state index contributed by atoms with van der Waals surface area (Å²) in [7, 11) is 1.42. The molecule has 17 nitrogen and oxygen atoms in total. The van der Waals surface area contributed by atoms with Gasteiger partial charge in [0.2, 0.25) is 23.6 Å². The molecular formula is C25H27N9O8. The van der Waals surface area contributed by atoms with Crippen molar-refractivity contribution in [2.75, 3.05) is 74.9 Å². The fraction of sp³-hybridized carbons (Fsp3) is 0.360. The first kappa shape index (κ1) is 28.4. The molecule has 3 aromatic rings. The summed E-state index contributed by atoms with van der Waals surface area (Å²) in [6, 6.07) is 7.98. The van der Waals surface area contributed by atoms with E-state index in [-0.39, 0.29) is 23.2 Å². The Kier molecular flexibility index (Phi) is 8.78. The number of methoxy groups -OCH3 is 1. The van der Waals surface area contributed by atoms with Crippen molar-refractivity contribution >= 4 is 35.4 Å². The normalized spacial score (nSPS) is 15.5. The van der Waals surface area contributed by atoms with E-state index in [2.05, 4.69) is 25.5 Å². The molecule has 1 N–H and O–H groups in total. The maximum Gasteiger partial charge on any atom is 0.318 e. The van der Waals surface area contributed by atoms with E-state index in [0.29, 0.717) is 70.1 Å². The van der Waals surface area contributed by atoms with E-state index in [4.69, 9.17) is 18.9 Å². The number of nitro benzene ring substituents is 2. The molecule has 5 rings (SSSR count). The van der Waals surface area contributed by atoms with Gasteiger partial charge in [0.15, 0.2) is 11.5 Å². The van der Waals surface area contributed by atoms with Crippen LogP contribution in [0.5, 0.6) is 17.2 Å². The second kappa shape index (κ2) is 13.0. The zero-order valence-electron chi connectivity index (χ0n) is 22.5. The number of anilines is 3. The molecular weight excluding hydrogens is 554 g/mol. The van der Waals surface area contributed by atoms with Gasteiger partial charge in [-0.2, -0.15) is 20.1 Å². The third-order valence-electron chi connectivity index (χ3n) is 6.34. The lowest BCUT2D eigenvalue weighted by Gasteiger charge is -2.30. The first-order valence-electron chi connectivity index (χ1n) is 12.9. The second-order valence-electron chi connectivity index (χ2n) is 9.01. The van der Waals surface area contributed by atoms with E-state index in [1.54, 1.807) is 18.2 Å². The van der Waals surface area contributed by atoms with Crippen LogP contribution in [-0.4, -0.2) is 90.7 Å². The lowest BCUT2D eigenvalue weighted by atomic mass is 10.2. The molecule has 42 heavy (non-hydrogen) atoms. The molecule has 3 heterocycles. The topological polar surface area (TPSA) is 193 Å². The molecule has 2 aliphatic rings. The van der Waals surface area contributed by atoms with Crippen LogP contribution in [0.3, 0.4) is 0 Å². The van der Waals surface area contributed by atoms with E-state index in [1.807, 2.05) is 9.80 Å². The smallest absolute Gasteiger partial charge is 0.318 e. The Morgan fingerprint density at radius 3 is 2.05 bits per heavy atom. The van der Waals surface area contributed by atoms with Crippen LogP contribution in [0.1, 0.15) is 5.56 Å². The fourth-order valence-corrected chi connectivity index (χ4v) is 4.20. The number of nitrogens with one attached hydrogen (secondary N) is 1. The number of ether oxygens (including phenoxy) is 4. The van der Waals surface area contributed by atoms with Gasteiger partial charge in [0.1, 0.15) is 0 Å². The predicted octanol–water partition coefficient (Wildman–Crippen LogP) is 2.61. The number of non-ortho nitro benzene ring substituents is 1. The van der Waals surface area contributed by atoms with Gasteiger partial charge in [-0.05, 0) is 29.8 Å². The van der Waals surface area contributed by atoms with Crippen LogP contribution in [0, 0.1) is 20.2 Å². The van der Waals surface area contributed by atoms with E-state index in [1.165, 1.54) is 13.3 Å². The van der Waals surface area contributed by atoms with Crippen molar-refractivity contribution in [1.82, 2.24) is 15.0 Å². The average Bonchev–Trinajstić information content (AvgIpc) is 3.02. The molecule has 2 aliphatic heterocycles. The highest BCUT2D eigenvalue weighted by Gasteiger charge is 2.23. The van der Waals surface area contributed by atoms with Gasteiger partial charge in [0.05, 0.1) is 55.7 Å². The van der Waals surface area contributed by atoms with Gasteiger partial charge in [-0.15, -0.1) is 0 Å². The van der Waals surface area contributed by atoms with Crippen LogP contribution in [0.25, 0.3) is 0 Å². The number of nitro groups is 2. The molecule has 0 radical (unpaired) electrons. The number of aromatic nitrogens is 3. The maximum absolute atomic E-state index is 11.5. The molecule has 0 unspecified atom stereocenters. The molecule has 0 spiro atoms. The number of rotatable bonds is 10. The molecule has 2 fully saturated rings. The van der Waals surface area contributed by atoms with Crippen molar-refractivity contribution in [3.05, 3.63) is 62.2 Å². The van der Waals surface area contributed by atoms with E-state index in [0.717, 1.165) is 18.2 Å². The lowest BCUT2D eigenvalue weighted by Crippen LogP contribution is -2.40. The molecule has 220 valence electrons. The molecule has 1 aromatic heterocycles. The summed E-state index contributed by atoms with van der Waals surface area (Å²) >= 11 is 0. The number of hydrogen-bond acceptors (Lipinski definition) is 15. The first-order valence-corrected chi connectivity index (χ1v) is 12.9. The maximum atomic E-state index is 11.5. The number of benzene rings is 2.